The number of piperazine rings is 1. The summed E-state index contributed by atoms with van der Waals surface area (Å²) in [4.78, 5) is 29.2. The lowest BCUT2D eigenvalue weighted by molar-refractivity contribution is -0.132. The van der Waals surface area contributed by atoms with E-state index in [0.717, 1.165) is 24.3 Å². The predicted molar refractivity (Wildman–Crippen MR) is 135 cm³/mol. The smallest absolute Gasteiger partial charge is 0.222 e. The Bertz CT molecular complexity index is 976. The van der Waals surface area contributed by atoms with Gasteiger partial charge in [-0.15, -0.1) is 0 Å². The molecule has 1 N–H and O–H groups in total. The second-order valence-corrected chi connectivity index (χ2v) is 9.09. The van der Waals surface area contributed by atoms with Gasteiger partial charge in [0.25, 0.3) is 0 Å². The molecule has 2 amide bonds. The number of nitrogens with one attached hydrogen (secondary N) is 1. The van der Waals surface area contributed by atoms with Crippen molar-refractivity contribution < 1.29 is 19.1 Å². The Kier molecular flexibility index (Phi) is 9.45. The zero-order valence-corrected chi connectivity index (χ0v) is 20.9. The minimum atomic E-state index is -0.0356. The lowest BCUT2D eigenvalue weighted by Crippen LogP contribution is -2.49. The third-order valence-electron chi connectivity index (χ3n) is 6.05. The van der Waals surface area contributed by atoms with Crippen molar-refractivity contribution in [2.24, 2.45) is 5.92 Å². The molecule has 8 heteroatoms. The zero-order chi connectivity index (χ0) is 24.5. The maximum Gasteiger partial charge on any atom is 0.222 e. The van der Waals surface area contributed by atoms with E-state index in [1.807, 2.05) is 54.3 Å². The fourth-order valence-electron chi connectivity index (χ4n) is 4.16. The van der Waals surface area contributed by atoms with Gasteiger partial charge in [-0.3, -0.25) is 9.59 Å². The first kappa shape index (κ1) is 25.7. The van der Waals surface area contributed by atoms with Crippen LogP contribution in [-0.2, 0) is 16.0 Å². The lowest BCUT2D eigenvalue weighted by atomic mass is 10.0. The highest BCUT2D eigenvalue weighted by Gasteiger charge is 2.23. The Balaban J connectivity index is 1.36. The van der Waals surface area contributed by atoms with Crippen LogP contribution in [0.3, 0.4) is 0 Å². The van der Waals surface area contributed by atoms with Gasteiger partial charge in [-0.25, -0.2) is 0 Å². The Hall–Kier alpha value is -2.93. The molecule has 0 radical (unpaired) electrons. The Morgan fingerprint density at radius 3 is 2.41 bits per heavy atom. The van der Waals surface area contributed by atoms with E-state index in [4.69, 9.17) is 21.1 Å². The molecule has 184 valence electrons. The molecule has 1 saturated heterocycles. The summed E-state index contributed by atoms with van der Waals surface area (Å²) in [5.41, 5.74) is 2.14. The molecule has 1 aliphatic heterocycles. The number of nitrogens with zero attached hydrogens (tertiary/aromatic N) is 2. The number of benzene rings is 2. The molecule has 3 rings (SSSR count). The summed E-state index contributed by atoms with van der Waals surface area (Å²) in [6, 6.07) is 13.5. The van der Waals surface area contributed by atoms with Crippen molar-refractivity contribution in [1.29, 1.82) is 0 Å². The molecule has 1 heterocycles. The molecular weight excluding hydrogens is 454 g/mol. The summed E-state index contributed by atoms with van der Waals surface area (Å²) in [6.45, 7) is 5.38. The van der Waals surface area contributed by atoms with Crippen LogP contribution in [-0.4, -0.2) is 63.7 Å². The number of ether oxygens (including phenoxy) is 2. The van der Waals surface area contributed by atoms with E-state index in [2.05, 4.69) is 10.2 Å². The normalized spacial score (nSPS) is 14.5. The summed E-state index contributed by atoms with van der Waals surface area (Å²) in [5.74, 6) is 1.41. The van der Waals surface area contributed by atoms with E-state index in [1.165, 1.54) is 0 Å². The molecule has 0 spiro atoms. The minimum Gasteiger partial charge on any atom is -0.493 e. The van der Waals surface area contributed by atoms with Crippen molar-refractivity contribution >= 4 is 29.1 Å². The predicted octanol–water partition coefficient (Wildman–Crippen LogP) is 3.78. The topological polar surface area (TPSA) is 71.1 Å². The molecule has 0 aliphatic carbocycles. The summed E-state index contributed by atoms with van der Waals surface area (Å²) in [7, 11) is 3.20. The Morgan fingerprint density at radius 2 is 1.74 bits per heavy atom. The van der Waals surface area contributed by atoms with Gasteiger partial charge < -0.3 is 24.6 Å². The number of methoxy groups -OCH3 is 2. The molecule has 1 atom stereocenters. The molecule has 34 heavy (non-hydrogen) atoms. The highest BCUT2D eigenvalue weighted by Crippen LogP contribution is 2.27. The van der Waals surface area contributed by atoms with Crippen LogP contribution >= 0.6 is 11.6 Å². The molecule has 0 saturated carbocycles. The second kappa shape index (κ2) is 12.5. The van der Waals surface area contributed by atoms with E-state index in [0.29, 0.717) is 55.4 Å². The number of carbonyl (C=O) groups is 2. The first-order valence-electron chi connectivity index (χ1n) is 11.7. The largest absolute Gasteiger partial charge is 0.493 e. The number of hydrogen-bond donors (Lipinski definition) is 1. The number of anilines is 1. The van der Waals surface area contributed by atoms with Gasteiger partial charge >= 0.3 is 0 Å². The average molecular weight is 488 g/mol. The standard InChI is InChI=1S/C26H34ClN3O4/c1-19(15-25(31)28-10-9-20-7-8-23(33-2)24(17-20)34-3)16-26(32)30-13-11-29(12-14-30)22-6-4-5-21(27)18-22/h4-8,17-19H,9-16H2,1-3H3,(H,28,31). The van der Waals surface area contributed by atoms with Crippen molar-refractivity contribution in [3.63, 3.8) is 0 Å². The summed E-state index contributed by atoms with van der Waals surface area (Å²) in [6.07, 6.45) is 1.40. The van der Waals surface area contributed by atoms with Crippen molar-refractivity contribution in [3.8, 4) is 11.5 Å². The quantitative estimate of drug-likeness (QED) is 0.552. The van der Waals surface area contributed by atoms with Gasteiger partial charge in [0.2, 0.25) is 11.8 Å². The van der Waals surface area contributed by atoms with Crippen molar-refractivity contribution in [1.82, 2.24) is 10.2 Å². The van der Waals surface area contributed by atoms with Crippen LogP contribution in [0.1, 0.15) is 25.3 Å². The van der Waals surface area contributed by atoms with Crippen LogP contribution in [0.25, 0.3) is 0 Å². The van der Waals surface area contributed by atoms with Gasteiger partial charge in [-0.1, -0.05) is 30.7 Å². The molecule has 2 aromatic rings. The van der Waals surface area contributed by atoms with Crippen LogP contribution in [0, 0.1) is 5.92 Å². The van der Waals surface area contributed by atoms with E-state index < -0.39 is 0 Å². The van der Waals surface area contributed by atoms with Crippen LogP contribution in [0.15, 0.2) is 42.5 Å². The van der Waals surface area contributed by atoms with Crippen molar-refractivity contribution in [2.75, 3.05) is 51.8 Å². The highest BCUT2D eigenvalue weighted by atomic mass is 35.5. The fourth-order valence-corrected chi connectivity index (χ4v) is 4.34. The Morgan fingerprint density at radius 1 is 1.00 bits per heavy atom. The van der Waals surface area contributed by atoms with Gasteiger partial charge in [-0.05, 0) is 48.2 Å². The third-order valence-corrected chi connectivity index (χ3v) is 6.28. The van der Waals surface area contributed by atoms with Crippen LogP contribution in [0.5, 0.6) is 11.5 Å². The Labute approximate surface area is 207 Å². The zero-order valence-electron chi connectivity index (χ0n) is 20.2. The van der Waals surface area contributed by atoms with Gasteiger partial charge in [0.15, 0.2) is 11.5 Å². The molecule has 1 unspecified atom stereocenters. The molecule has 0 aromatic heterocycles. The maximum absolute atomic E-state index is 12.7. The van der Waals surface area contributed by atoms with Crippen molar-refractivity contribution in [3.05, 3.63) is 53.1 Å². The minimum absolute atomic E-state index is 0.0143. The van der Waals surface area contributed by atoms with Crippen LogP contribution < -0.4 is 19.7 Å². The van der Waals surface area contributed by atoms with Gasteiger partial charge in [-0.2, -0.15) is 0 Å². The highest BCUT2D eigenvalue weighted by molar-refractivity contribution is 6.30. The molecule has 2 aromatic carbocycles. The molecule has 0 bridgehead atoms. The summed E-state index contributed by atoms with van der Waals surface area (Å²) >= 11 is 6.09. The average Bonchev–Trinajstić information content (AvgIpc) is 2.83. The van der Waals surface area contributed by atoms with E-state index in [9.17, 15) is 9.59 Å². The third kappa shape index (κ3) is 7.29. The molecular formula is C26H34ClN3O4. The van der Waals surface area contributed by atoms with E-state index in [-0.39, 0.29) is 17.7 Å². The number of halogens is 1. The van der Waals surface area contributed by atoms with Crippen LogP contribution in [0.4, 0.5) is 5.69 Å². The first-order valence-corrected chi connectivity index (χ1v) is 12.0. The molecule has 1 aliphatic rings. The van der Waals surface area contributed by atoms with Gasteiger partial charge in [0.1, 0.15) is 0 Å². The van der Waals surface area contributed by atoms with Gasteiger partial charge in [0.05, 0.1) is 14.2 Å². The van der Waals surface area contributed by atoms with E-state index >= 15 is 0 Å². The second-order valence-electron chi connectivity index (χ2n) is 8.65. The fraction of sp³-hybridized carbons (Fsp3) is 0.462. The number of rotatable bonds is 10. The number of carbonyl (C=O) groups excluding carboxylic acids is 2. The van der Waals surface area contributed by atoms with Crippen LogP contribution in [0.2, 0.25) is 5.02 Å². The van der Waals surface area contributed by atoms with Gasteiger partial charge in [0, 0.05) is 56.3 Å². The number of hydrogen-bond acceptors (Lipinski definition) is 5. The summed E-state index contributed by atoms with van der Waals surface area (Å²) in [5, 5.41) is 3.67. The summed E-state index contributed by atoms with van der Waals surface area (Å²) < 4.78 is 10.6. The number of amides is 2. The first-order chi connectivity index (χ1) is 16.4. The molecule has 1 fully saturated rings. The van der Waals surface area contributed by atoms with E-state index in [1.54, 1.807) is 14.2 Å². The SMILES string of the molecule is COc1ccc(CCNC(=O)CC(C)CC(=O)N2CCN(c3cccc(Cl)c3)CC2)cc1OC. The monoisotopic (exact) mass is 487 g/mol. The maximum atomic E-state index is 12.7. The lowest BCUT2D eigenvalue weighted by Gasteiger charge is -2.36. The molecule has 7 nitrogen and oxygen atoms in total. The van der Waals surface area contributed by atoms with Crippen molar-refractivity contribution in [2.45, 2.75) is 26.2 Å².